The first kappa shape index (κ1) is 26.0. The largest absolute Gasteiger partial charge is 0.383 e. The molecule has 0 saturated heterocycles. The summed E-state index contributed by atoms with van der Waals surface area (Å²) < 4.78 is 40.2. The van der Waals surface area contributed by atoms with Crippen molar-refractivity contribution in [3.8, 4) is 0 Å². The zero-order chi connectivity index (χ0) is 25.2. The van der Waals surface area contributed by atoms with Gasteiger partial charge in [0.1, 0.15) is 12.0 Å². The normalized spacial score (nSPS) is 25.1. The van der Waals surface area contributed by atoms with Crippen LogP contribution in [0.25, 0.3) is 0 Å². The summed E-state index contributed by atoms with van der Waals surface area (Å²) in [5, 5.41) is 0.245. The lowest BCUT2D eigenvalue weighted by Gasteiger charge is -2.30. The molecule has 4 rings (SSSR count). The Morgan fingerprint density at radius 1 is 1.11 bits per heavy atom. The van der Waals surface area contributed by atoms with E-state index in [2.05, 4.69) is 4.99 Å². The van der Waals surface area contributed by atoms with E-state index in [0.29, 0.717) is 67.8 Å². The van der Waals surface area contributed by atoms with Gasteiger partial charge < -0.3 is 10.6 Å². The van der Waals surface area contributed by atoms with Crippen molar-refractivity contribution in [2.45, 2.75) is 89.3 Å². The Hall–Kier alpha value is -2.09. The molecule has 5 nitrogen and oxygen atoms in total. The summed E-state index contributed by atoms with van der Waals surface area (Å²) in [4.78, 5) is 30.9. The summed E-state index contributed by atoms with van der Waals surface area (Å²) in [6.45, 7) is 0.751. The molecule has 1 heterocycles. The third kappa shape index (κ3) is 6.57. The van der Waals surface area contributed by atoms with Gasteiger partial charge in [0.15, 0.2) is 0 Å². The molecular weight excluding hydrogens is 479 g/mol. The Balaban J connectivity index is 1.33. The molecule has 2 amide bonds. The van der Waals surface area contributed by atoms with E-state index in [9.17, 15) is 22.8 Å². The fourth-order valence-corrected chi connectivity index (χ4v) is 5.88. The van der Waals surface area contributed by atoms with Gasteiger partial charge >= 0.3 is 0 Å². The first-order valence-electron chi connectivity index (χ1n) is 12.6. The lowest BCUT2D eigenvalue weighted by Crippen LogP contribution is -2.34. The smallest absolute Gasteiger partial charge is 0.256 e. The highest BCUT2D eigenvalue weighted by Crippen LogP contribution is 2.38. The van der Waals surface area contributed by atoms with E-state index in [4.69, 9.17) is 17.3 Å². The molecule has 0 atom stereocenters. The maximum atomic E-state index is 13.5. The molecule has 0 unspecified atom stereocenters. The molecule has 0 aromatic heterocycles. The number of hydrogen-bond acceptors (Lipinski definition) is 2. The Morgan fingerprint density at radius 2 is 1.80 bits per heavy atom. The third-order valence-electron chi connectivity index (χ3n) is 7.67. The van der Waals surface area contributed by atoms with Gasteiger partial charge in [-0.25, -0.2) is 13.2 Å². The topological polar surface area (TPSA) is 75.8 Å². The highest BCUT2D eigenvalue weighted by molar-refractivity contribution is 6.34. The standard InChI is InChI=1S/C26H33ClF3N3O2/c27-21-13-18(24(31)32-22(34)3-1-2-16-4-6-20(28)7-5-16)12-19-15-33(25(35)23(19)21)14-17-8-10-26(29,30)11-9-17/h12-13,16-17,20H,1-11,14-15H2,(H2,31,32,34). The van der Waals surface area contributed by atoms with Crippen molar-refractivity contribution in [1.82, 2.24) is 4.90 Å². The van der Waals surface area contributed by atoms with Crippen LogP contribution in [-0.4, -0.2) is 41.2 Å². The van der Waals surface area contributed by atoms with Crippen LogP contribution in [0.1, 0.15) is 92.1 Å². The van der Waals surface area contributed by atoms with Crippen LogP contribution in [0.5, 0.6) is 0 Å². The summed E-state index contributed by atoms with van der Waals surface area (Å²) >= 11 is 6.41. The maximum absolute atomic E-state index is 13.5. The number of nitrogens with zero attached hydrogens (tertiary/aromatic N) is 2. The first-order valence-corrected chi connectivity index (χ1v) is 13.0. The van der Waals surface area contributed by atoms with Gasteiger partial charge in [0.05, 0.1) is 10.6 Å². The van der Waals surface area contributed by atoms with E-state index < -0.39 is 12.1 Å². The van der Waals surface area contributed by atoms with Crippen LogP contribution in [0.3, 0.4) is 0 Å². The second kappa shape index (κ2) is 10.9. The van der Waals surface area contributed by atoms with Crippen molar-refractivity contribution in [2.75, 3.05) is 6.54 Å². The monoisotopic (exact) mass is 511 g/mol. The van der Waals surface area contributed by atoms with Crippen LogP contribution >= 0.6 is 11.6 Å². The number of amidine groups is 1. The number of carbonyl (C=O) groups excluding carboxylic acids is 2. The SMILES string of the molecule is NC(=NC(=O)CCCC1CCC(F)CC1)c1cc(Cl)c2c(c1)CN(CC1CCC(F)(F)CC1)C2=O. The number of rotatable bonds is 7. The van der Waals surface area contributed by atoms with Gasteiger partial charge in [-0.2, -0.15) is 4.99 Å². The van der Waals surface area contributed by atoms with E-state index in [1.807, 2.05) is 0 Å². The van der Waals surface area contributed by atoms with Gasteiger partial charge in [0, 0.05) is 37.9 Å². The van der Waals surface area contributed by atoms with Crippen molar-refractivity contribution < 1.29 is 22.8 Å². The predicted molar refractivity (Wildman–Crippen MR) is 130 cm³/mol. The fraction of sp³-hybridized carbons (Fsp3) is 0.654. The van der Waals surface area contributed by atoms with Crippen LogP contribution in [0, 0.1) is 11.8 Å². The predicted octanol–water partition coefficient (Wildman–Crippen LogP) is 6.05. The Kier molecular flexibility index (Phi) is 8.09. The minimum atomic E-state index is -2.60. The number of fused-ring (bicyclic) bond motifs is 1. The highest BCUT2D eigenvalue weighted by Gasteiger charge is 2.38. The second-order valence-electron chi connectivity index (χ2n) is 10.4. The number of hydrogen-bond donors (Lipinski definition) is 1. The zero-order valence-electron chi connectivity index (χ0n) is 19.9. The minimum absolute atomic E-state index is 0.0439. The molecule has 2 saturated carbocycles. The molecular formula is C26H33ClF3N3O2. The van der Waals surface area contributed by atoms with Crippen LogP contribution in [0.2, 0.25) is 5.02 Å². The van der Waals surface area contributed by atoms with Gasteiger partial charge in [0.2, 0.25) is 11.8 Å². The average Bonchev–Trinajstić information content (AvgIpc) is 3.12. The summed E-state index contributed by atoms with van der Waals surface area (Å²) in [6, 6.07) is 3.28. The molecule has 2 aliphatic carbocycles. The second-order valence-corrected chi connectivity index (χ2v) is 10.8. The average molecular weight is 512 g/mol. The van der Waals surface area contributed by atoms with Crippen molar-refractivity contribution in [1.29, 1.82) is 0 Å². The van der Waals surface area contributed by atoms with Gasteiger partial charge in [-0.05, 0) is 80.9 Å². The van der Waals surface area contributed by atoms with Crippen molar-refractivity contribution in [3.63, 3.8) is 0 Å². The molecule has 0 radical (unpaired) electrons. The zero-order valence-corrected chi connectivity index (χ0v) is 20.6. The Labute approximate surface area is 209 Å². The van der Waals surface area contributed by atoms with E-state index in [0.717, 1.165) is 19.3 Å². The van der Waals surface area contributed by atoms with Crippen molar-refractivity contribution >= 4 is 29.3 Å². The van der Waals surface area contributed by atoms with Crippen molar-refractivity contribution in [2.24, 2.45) is 22.6 Å². The molecule has 3 aliphatic rings. The van der Waals surface area contributed by atoms with E-state index in [1.165, 1.54) is 0 Å². The summed E-state index contributed by atoms with van der Waals surface area (Å²) in [5.41, 5.74) is 7.68. The van der Waals surface area contributed by atoms with Gasteiger partial charge in [0.25, 0.3) is 5.91 Å². The molecule has 9 heteroatoms. The molecule has 192 valence electrons. The van der Waals surface area contributed by atoms with Crippen LogP contribution in [0.4, 0.5) is 13.2 Å². The minimum Gasteiger partial charge on any atom is -0.383 e. The van der Waals surface area contributed by atoms with Crippen LogP contribution < -0.4 is 5.73 Å². The van der Waals surface area contributed by atoms with E-state index in [1.54, 1.807) is 17.0 Å². The quantitative estimate of drug-likeness (QED) is 0.357. The first-order chi connectivity index (χ1) is 16.6. The third-order valence-corrected chi connectivity index (χ3v) is 7.97. The lowest BCUT2D eigenvalue weighted by atomic mass is 9.85. The summed E-state index contributed by atoms with van der Waals surface area (Å²) in [5.74, 6) is -2.56. The Bertz CT molecular complexity index is 982. The number of benzene rings is 1. The van der Waals surface area contributed by atoms with Gasteiger partial charge in [-0.15, -0.1) is 0 Å². The maximum Gasteiger partial charge on any atom is 0.256 e. The van der Waals surface area contributed by atoms with E-state index >= 15 is 0 Å². The summed E-state index contributed by atoms with van der Waals surface area (Å²) in [7, 11) is 0. The van der Waals surface area contributed by atoms with Gasteiger partial charge in [-0.3, -0.25) is 9.59 Å². The molecule has 35 heavy (non-hydrogen) atoms. The van der Waals surface area contributed by atoms with E-state index in [-0.39, 0.29) is 47.9 Å². The fourth-order valence-electron chi connectivity index (χ4n) is 5.56. The van der Waals surface area contributed by atoms with Gasteiger partial charge in [-0.1, -0.05) is 11.6 Å². The molecule has 1 aliphatic heterocycles. The highest BCUT2D eigenvalue weighted by atomic mass is 35.5. The molecule has 0 bridgehead atoms. The van der Waals surface area contributed by atoms with Crippen LogP contribution in [0.15, 0.2) is 17.1 Å². The number of carbonyl (C=O) groups is 2. The molecule has 2 fully saturated rings. The number of alkyl halides is 3. The van der Waals surface area contributed by atoms with Crippen LogP contribution in [-0.2, 0) is 11.3 Å². The Morgan fingerprint density at radius 3 is 2.49 bits per heavy atom. The number of amides is 2. The molecule has 2 N–H and O–H groups in total. The number of halogens is 4. The lowest BCUT2D eigenvalue weighted by molar-refractivity contribution is -0.117. The summed E-state index contributed by atoms with van der Waals surface area (Å²) in [6.07, 6.45) is 4.65. The molecule has 1 aromatic rings. The number of aliphatic imine (C=N–C) groups is 1. The molecule has 1 aromatic carbocycles. The number of nitrogens with two attached hydrogens (primary N) is 1. The van der Waals surface area contributed by atoms with Crippen molar-refractivity contribution in [3.05, 3.63) is 33.8 Å². The molecule has 0 spiro atoms.